The molecule has 0 bridgehead atoms. The average Bonchev–Trinajstić information content (AvgIpc) is 2.17. The topological polar surface area (TPSA) is 35.5 Å². The van der Waals surface area contributed by atoms with Crippen LogP contribution in [0.2, 0.25) is 0 Å². The van der Waals surface area contributed by atoms with Crippen LogP contribution in [0, 0.1) is 5.82 Å². The Hall–Kier alpha value is -1.58. The summed E-state index contributed by atoms with van der Waals surface area (Å²) in [4.78, 5) is 11.2. The van der Waals surface area contributed by atoms with Gasteiger partial charge in [0.25, 0.3) is 0 Å². The van der Waals surface area contributed by atoms with E-state index in [0.29, 0.717) is 5.75 Å². The first-order valence-corrected chi connectivity index (χ1v) is 4.03. The summed E-state index contributed by atoms with van der Waals surface area (Å²) in [5, 5.41) is 0. The lowest BCUT2D eigenvalue weighted by Crippen LogP contribution is -2.03. The average molecular weight is 198 g/mol. The summed E-state index contributed by atoms with van der Waals surface area (Å²) in [5.41, 5.74) is 0.134. The maximum atomic E-state index is 13.2. The molecule has 0 atom stereocenters. The molecular formula is C10H11FO3. The molecule has 0 fully saturated rings. The molecule has 3 nitrogen and oxygen atoms in total. The second-order valence-corrected chi connectivity index (χ2v) is 2.71. The van der Waals surface area contributed by atoms with Gasteiger partial charge in [-0.3, -0.25) is 4.79 Å². The Bertz CT molecular complexity index is 361. The summed E-state index contributed by atoms with van der Waals surface area (Å²) < 4.78 is 22.9. The van der Waals surface area contributed by atoms with Gasteiger partial charge in [-0.05, 0) is 19.1 Å². The molecule has 0 saturated carbocycles. The van der Waals surface area contributed by atoms with Gasteiger partial charge < -0.3 is 9.47 Å². The Morgan fingerprint density at radius 3 is 2.36 bits per heavy atom. The van der Waals surface area contributed by atoms with Crippen molar-refractivity contribution in [1.29, 1.82) is 0 Å². The maximum absolute atomic E-state index is 13.2. The molecular weight excluding hydrogens is 187 g/mol. The Balaban J connectivity index is 3.43. The van der Waals surface area contributed by atoms with Gasteiger partial charge >= 0.3 is 0 Å². The van der Waals surface area contributed by atoms with E-state index in [4.69, 9.17) is 9.47 Å². The summed E-state index contributed by atoms with van der Waals surface area (Å²) in [7, 11) is 2.73. The number of ketones is 1. The first-order chi connectivity index (χ1) is 6.61. The molecule has 1 rings (SSSR count). The summed E-state index contributed by atoms with van der Waals surface area (Å²) in [6.07, 6.45) is 0. The number of ether oxygens (including phenoxy) is 2. The van der Waals surface area contributed by atoms with Crippen LogP contribution in [0.3, 0.4) is 0 Å². The third-order valence-electron chi connectivity index (χ3n) is 1.85. The first kappa shape index (κ1) is 10.5. The van der Waals surface area contributed by atoms with Gasteiger partial charge in [-0.15, -0.1) is 0 Å². The Morgan fingerprint density at radius 2 is 1.93 bits per heavy atom. The predicted octanol–water partition coefficient (Wildman–Crippen LogP) is 2.05. The first-order valence-electron chi connectivity index (χ1n) is 4.03. The highest BCUT2D eigenvalue weighted by atomic mass is 19.1. The molecule has 4 heteroatoms. The van der Waals surface area contributed by atoms with E-state index in [-0.39, 0.29) is 17.1 Å². The molecule has 0 heterocycles. The standard InChI is InChI=1S/C10H11FO3/c1-6(12)9-8(13-2)5-4-7(11)10(9)14-3/h4-5H,1-3H3. The smallest absolute Gasteiger partial charge is 0.169 e. The quantitative estimate of drug-likeness (QED) is 0.697. The third kappa shape index (κ3) is 1.69. The SMILES string of the molecule is COc1ccc(F)c(OC)c1C(C)=O. The minimum atomic E-state index is -0.571. The number of carbonyl (C=O) groups is 1. The molecule has 1 aromatic carbocycles. The van der Waals surface area contributed by atoms with Gasteiger partial charge in [-0.2, -0.15) is 0 Å². The zero-order chi connectivity index (χ0) is 10.7. The molecule has 0 aliphatic rings. The minimum Gasteiger partial charge on any atom is -0.496 e. The molecule has 0 radical (unpaired) electrons. The van der Waals surface area contributed by atoms with Crippen molar-refractivity contribution in [3.8, 4) is 11.5 Å². The molecule has 0 saturated heterocycles. The molecule has 14 heavy (non-hydrogen) atoms. The molecule has 0 unspecified atom stereocenters. The fraction of sp³-hybridized carbons (Fsp3) is 0.300. The van der Waals surface area contributed by atoms with Crippen molar-refractivity contribution in [2.75, 3.05) is 14.2 Å². The fourth-order valence-electron chi connectivity index (χ4n) is 1.24. The van der Waals surface area contributed by atoms with Gasteiger partial charge in [0.15, 0.2) is 17.3 Å². The minimum absolute atomic E-state index is 0.0724. The van der Waals surface area contributed by atoms with Crippen LogP contribution >= 0.6 is 0 Å². The fourth-order valence-corrected chi connectivity index (χ4v) is 1.24. The summed E-state index contributed by atoms with van der Waals surface area (Å²) >= 11 is 0. The number of halogens is 1. The number of rotatable bonds is 3. The summed E-state index contributed by atoms with van der Waals surface area (Å²) in [6, 6.07) is 2.60. The Kier molecular flexibility index (Phi) is 3.06. The van der Waals surface area contributed by atoms with Crippen LogP contribution in [0.4, 0.5) is 4.39 Å². The van der Waals surface area contributed by atoms with Gasteiger partial charge in [0.05, 0.1) is 14.2 Å². The van der Waals surface area contributed by atoms with E-state index in [0.717, 1.165) is 0 Å². The third-order valence-corrected chi connectivity index (χ3v) is 1.85. The number of hydrogen-bond acceptors (Lipinski definition) is 3. The van der Waals surface area contributed by atoms with Crippen molar-refractivity contribution in [1.82, 2.24) is 0 Å². The lowest BCUT2D eigenvalue weighted by molar-refractivity contribution is 0.101. The van der Waals surface area contributed by atoms with Crippen LogP contribution in [-0.2, 0) is 0 Å². The molecule has 0 amide bonds. The van der Waals surface area contributed by atoms with Gasteiger partial charge in [-0.1, -0.05) is 0 Å². The summed E-state index contributed by atoms with van der Waals surface area (Å²) in [6.45, 7) is 1.33. The zero-order valence-corrected chi connectivity index (χ0v) is 8.26. The normalized spacial score (nSPS) is 9.71. The lowest BCUT2D eigenvalue weighted by atomic mass is 10.1. The molecule has 76 valence electrons. The molecule has 0 aliphatic heterocycles. The van der Waals surface area contributed by atoms with E-state index in [9.17, 15) is 9.18 Å². The van der Waals surface area contributed by atoms with Crippen molar-refractivity contribution in [2.45, 2.75) is 6.92 Å². The van der Waals surface area contributed by atoms with Crippen molar-refractivity contribution >= 4 is 5.78 Å². The van der Waals surface area contributed by atoms with Gasteiger partial charge in [0.1, 0.15) is 11.3 Å². The molecule has 0 spiro atoms. The van der Waals surface area contributed by atoms with Gasteiger partial charge in [-0.25, -0.2) is 4.39 Å². The van der Waals surface area contributed by atoms with Crippen LogP contribution in [0.25, 0.3) is 0 Å². The van der Waals surface area contributed by atoms with Crippen LogP contribution in [0.5, 0.6) is 11.5 Å². The van der Waals surface area contributed by atoms with Crippen molar-refractivity contribution in [3.05, 3.63) is 23.5 Å². The highest BCUT2D eigenvalue weighted by Crippen LogP contribution is 2.31. The number of carbonyl (C=O) groups excluding carboxylic acids is 1. The Labute approximate surface area is 81.4 Å². The van der Waals surface area contributed by atoms with Gasteiger partial charge in [0, 0.05) is 0 Å². The van der Waals surface area contributed by atoms with E-state index >= 15 is 0 Å². The monoisotopic (exact) mass is 198 g/mol. The highest BCUT2D eigenvalue weighted by Gasteiger charge is 2.18. The molecule has 1 aromatic rings. The second-order valence-electron chi connectivity index (χ2n) is 2.71. The highest BCUT2D eigenvalue weighted by molar-refractivity contribution is 5.99. The maximum Gasteiger partial charge on any atom is 0.169 e. The number of hydrogen-bond donors (Lipinski definition) is 0. The predicted molar refractivity (Wildman–Crippen MR) is 49.5 cm³/mol. The number of Topliss-reactive ketones (excluding diaryl/α,β-unsaturated/α-hetero) is 1. The van der Waals surface area contributed by atoms with Crippen LogP contribution in [0.1, 0.15) is 17.3 Å². The molecule has 0 aromatic heterocycles. The van der Waals surface area contributed by atoms with Crippen LogP contribution in [0.15, 0.2) is 12.1 Å². The van der Waals surface area contributed by atoms with E-state index in [1.165, 1.54) is 33.3 Å². The van der Waals surface area contributed by atoms with E-state index in [1.54, 1.807) is 0 Å². The van der Waals surface area contributed by atoms with Crippen molar-refractivity contribution in [3.63, 3.8) is 0 Å². The lowest BCUT2D eigenvalue weighted by Gasteiger charge is -2.10. The zero-order valence-electron chi connectivity index (χ0n) is 8.26. The molecule has 0 aliphatic carbocycles. The van der Waals surface area contributed by atoms with E-state index in [1.807, 2.05) is 0 Å². The Morgan fingerprint density at radius 1 is 1.29 bits per heavy atom. The van der Waals surface area contributed by atoms with Gasteiger partial charge in [0.2, 0.25) is 0 Å². The number of benzene rings is 1. The molecule has 0 N–H and O–H groups in total. The van der Waals surface area contributed by atoms with E-state index < -0.39 is 5.82 Å². The van der Waals surface area contributed by atoms with Crippen LogP contribution < -0.4 is 9.47 Å². The second kappa shape index (κ2) is 4.09. The largest absolute Gasteiger partial charge is 0.496 e. The van der Waals surface area contributed by atoms with Crippen molar-refractivity contribution in [2.24, 2.45) is 0 Å². The van der Waals surface area contributed by atoms with E-state index in [2.05, 4.69) is 0 Å². The van der Waals surface area contributed by atoms with Crippen LogP contribution in [-0.4, -0.2) is 20.0 Å². The van der Waals surface area contributed by atoms with Crippen molar-refractivity contribution < 1.29 is 18.7 Å². The summed E-state index contributed by atoms with van der Waals surface area (Å²) in [5.74, 6) is -0.621. The number of methoxy groups -OCH3 is 2.